The first-order chi connectivity index (χ1) is 10.2. The van der Waals surface area contributed by atoms with Crippen molar-refractivity contribution in [3.63, 3.8) is 0 Å². The van der Waals surface area contributed by atoms with Crippen LogP contribution in [0.1, 0.15) is 71.6 Å². The third-order valence-corrected chi connectivity index (χ3v) is 5.03. The number of rotatable bonds is 7. The molecule has 1 aliphatic carbocycles. The maximum atomic E-state index is 12.6. The van der Waals surface area contributed by atoms with Gasteiger partial charge in [0.1, 0.15) is 12.1 Å². The number of piperazine rings is 1. The molecule has 21 heavy (non-hydrogen) atoms. The van der Waals surface area contributed by atoms with Crippen LogP contribution >= 0.6 is 0 Å². The summed E-state index contributed by atoms with van der Waals surface area (Å²) < 4.78 is 0. The Labute approximate surface area is 128 Å². The van der Waals surface area contributed by atoms with Gasteiger partial charge in [-0.15, -0.1) is 0 Å². The van der Waals surface area contributed by atoms with Crippen molar-refractivity contribution in [1.82, 2.24) is 10.2 Å². The van der Waals surface area contributed by atoms with Crippen LogP contribution in [0.4, 0.5) is 0 Å². The standard InChI is InChI=1S/C17H30N2O2/c1-3-8-14-17(21)19(15(4-2)16(20)18-14)12-7-11-13-9-5-6-10-13/h13-15H,3-12H2,1-2H3,(H,18,20). The van der Waals surface area contributed by atoms with Gasteiger partial charge in [0.05, 0.1) is 0 Å². The molecule has 0 aromatic heterocycles. The van der Waals surface area contributed by atoms with Gasteiger partial charge in [0.25, 0.3) is 0 Å². The average molecular weight is 294 g/mol. The average Bonchev–Trinajstić information content (AvgIpc) is 2.97. The Morgan fingerprint density at radius 3 is 2.48 bits per heavy atom. The molecule has 2 fully saturated rings. The Morgan fingerprint density at radius 1 is 1.14 bits per heavy atom. The van der Waals surface area contributed by atoms with Crippen molar-refractivity contribution in [2.75, 3.05) is 6.54 Å². The Morgan fingerprint density at radius 2 is 1.86 bits per heavy atom. The second-order valence-corrected chi connectivity index (χ2v) is 6.60. The van der Waals surface area contributed by atoms with E-state index >= 15 is 0 Å². The van der Waals surface area contributed by atoms with Gasteiger partial charge >= 0.3 is 0 Å². The number of hydrogen-bond acceptors (Lipinski definition) is 2. The Hall–Kier alpha value is -1.06. The highest BCUT2D eigenvalue weighted by atomic mass is 16.2. The Bertz CT molecular complexity index is 364. The van der Waals surface area contributed by atoms with E-state index in [4.69, 9.17) is 0 Å². The predicted octanol–water partition coefficient (Wildman–Crippen LogP) is 2.86. The number of nitrogens with zero attached hydrogens (tertiary/aromatic N) is 1. The van der Waals surface area contributed by atoms with Crippen molar-refractivity contribution in [1.29, 1.82) is 0 Å². The van der Waals surface area contributed by atoms with Gasteiger partial charge in [0.15, 0.2) is 0 Å². The molecule has 4 heteroatoms. The summed E-state index contributed by atoms with van der Waals surface area (Å²) in [4.78, 5) is 26.6. The lowest BCUT2D eigenvalue weighted by Gasteiger charge is -2.39. The molecule has 2 atom stereocenters. The maximum absolute atomic E-state index is 12.6. The summed E-state index contributed by atoms with van der Waals surface area (Å²) in [5.41, 5.74) is 0. The summed E-state index contributed by atoms with van der Waals surface area (Å²) in [5, 5.41) is 2.90. The van der Waals surface area contributed by atoms with E-state index in [9.17, 15) is 9.59 Å². The van der Waals surface area contributed by atoms with Crippen LogP contribution in [0.3, 0.4) is 0 Å². The highest BCUT2D eigenvalue weighted by molar-refractivity contribution is 5.96. The van der Waals surface area contributed by atoms with Gasteiger partial charge in [-0.05, 0) is 31.6 Å². The molecule has 4 nitrogen and oxygen atoms in total. The van der Waals surface area contributed by atoms with E-state index in [-0.39, 0.29) is 23.9 Å². The fraction of sp³-hybridized carbons (Fsp3) is 0.882. The van der Waals surface area contributed by atoms with E-state index in [0.29, 0.717) is 6.42 Å². The number of carbonyl (C=O) groups is 2. The molecular weight excluding hydrogens is 264 g/mol. The van der Waals surface area contributed by atoms with Crippen molar-refractivity contribution in [2.45, 2.75) is 83.7 Å². The quantitative estimate of drug-likeness (QED) is 0.785. The molecule has 1 N–H and O–H groups in total. The normalized spacial score (nSPS) is 27.2. The largest absolute Gasteiger partial charge is 0.343 e. The highest BCUT2D eigenvalue weighted by Crippen LogP contribution is 2.29. The van der Waals surface area contributed by atoms with Gasteiger partial charge in [0, 0.05) is 6.54 Å². The predicted molar refractivity (Wildman–Crippen MR) is 83.8 cm³/mol. The second-order valence-electron chi connectivity index (χ2n) is 6.60. The van der Waals surface area contributed by atoms with E-state index in [0.717, 1.165) is 31.7 Å². The molecule has 120 valence electrons. The van der Waals surface area contributed by atoms with Crippen LogP contribution in [0.25, 0.3) is 0 Å². The zero-order chi connectivity index (χ0) is 15.2. The molecule has 0 spiro atoms. The first-order valence-corrected chi connectivity index (χ1v) is 8.78. The van der Waals surface area contributed by atoms with Crippen molar-refractivity contribution in [2.24, 2.45) is 5.92 Å². The first-order valence-electron chi connectivity index (χ1n) is 8.78. The number of amides is 2. The smallest absolute Gasteiger partial charge is 0.245 e. The molecule has 2 aliphatic rings. The van der Waals surface area contributed by atoms with Crippen molar-refractivity contribution in [3.05, 3.63) is 0 Å². The third kappa shape index (κ3) is 3.98. The fourth-order valence-corrected chi connectivity index (χ4v) is 3.83. The van der Waals surface area contributed by atoms with Crippen molar-refractivity contribution in [3.8, 4) is 0 Å². The van der Waals surface area contributed by atoms with Gasteiger partial charge in [-0.3, -0.25) is 9.59 Å². The molecule has 1 saturated heterocycles. The fourth-order valence-electron chi connectivity index (χ4n) is 3.83. The van der Waals surface area contributed by atoms with E-state index in [1.54, 1.807) is 0 Å². The summed E-state index contributed by atoms with van der Waals surface area (Å²) >= 11 is 0. The van der Waals surface area contributed by atoms with Crippen LogP contribution in [0.5, 0.6) is 0 Å². The Balaban J connectivity index is 1.91. The molecule has 2 unspecified atom stereocenters. The van der Waals surface area contributed by atoms with Crippen molar-refractivity contribution >= 4 is 11.8 Å². The minimum absolute atomic E-state index is 0.0383. The van der Waals surface area contributed by atoms with Gasteiger partial charge in [-0.2, -0.15) is 0 Å². The zero-order valence-corrected chi connectivity index (χ0v) is 13.6. The van der Waals surface area contributed by atoms with Crippen molar-refractivity contribution < 1.29 is 9.59 Å². The molecule has 0 bridgehead atoms. The molecular formula is C17H30N2O2. The molecule has 2 rings (SSSR count). The minimum Gasteiger partial charge on any atom is -0.343 e. The lowest BCUT2D eigenvalue weighted by atomic mass is 9.99. The summed E-state index contributed by atoms with van der Waals surface area (Å²) in [7, 11) is 0. The van der Waals surface area contributed by atoms with Gasteiger partial charge < -0.3 is 10.2 Å². The van der Waals surface area contributed by atoms with Crippen LogP contribution in [-0.2, 0) is 9.59 Å². The SMILES string of the molecule is CCCC1NC(=O)C(CC)N(CCCC2CCCC2)C1=O. The topological polar surface area (TPSA) is 49.4 Å². The number of nitrogens with one attached hydrogen (secondary N) is 1. The molecule has 0 aromatic carbocycles. The summed E-state index contributed by atoms with van der Waals surface area (Å²) in [6.45, 7) is 4.79. The summed E-state index contributed by atoms with van der Waals surface area (Å²) in [6, 6.07) is -0.550. The van der Waals surface area contributed by atoms with Gasteiger partial charge in [-0.25, -0.2) is 0 Å². The van der Waals surface area contributed by atoms with E-state index in [1.165, 1.54) is 32.1 Å². The van der Waals surface area contributed by atoms with E-state index in [2.05, 4.69) is 12.2 Å². The third-order valence-electron chi connectivity index (χ3n) is 5.03. The van der Waals surface area contributed by atoms with Crippen LogP contribution in [-0.4, -0.2) is 35.3 Å². The first kappa shape index (κ1) is 16.3. The summed E-state index contributed by atoms with van der Waals surface area (Å²) in [6.07, 6.45) is 10.1. The molecule has 0 radical (unpaired) electrons. The highest BCUT2D eigenvalue weighted by Gasteiger charge is 2.38. The van der Waals surface area contributed by atoms with Crippen LogP contribution in [0.2, 0.25) is 0 Å². The number of carbonyl (C=O) groups excluding carboxylic acids is 2. The minimum atomic E-state index is -0.295. The molecule has 0 aromatic rings. The summed E-state index contributed by atoms with van der Waals surface area (Å²) in [5.74, 6) is 1.02. The van der Waals surface area contributed by atoms with Crippen LogP contribution in [0.15, 0.2) is 0 Å². The zero-order valence-electron chi connectivity index (χ0n) is 13.6. The van der Waals surface area contributed by atoms with E-state index < -0.39 is 0 Å². The lowest BCUT2D eigenvalue weighted by Crippen LogP contribution is -2.63. The second kappa shape index (κ2) is 7.81. The van der Waals surface area contributed by atoms with E-state index in [1.807, 2.05) is 11.8 Å². The molecule has 1 heterocycles. The van der Waals surface area contributed by atoms with Gasteiger partial charge in [-0.1, -0.05) is 46.0 Å². The van der Waals surface area contributed by atoms with Crippen LogP contribution < -0.4 is 5.32 Å². The molecule has 1 aliphatic heterocycles. The van der Waals surface area contributed by atoms with Crippen LogP contribution in [0, 0.1) is 5.92 Å². The van der Waals surface area contributed by atoms with Gasteiger partial charge in [0.2, 0.25) is 11.8 Å². The monoisotopic (exact) mass is 294 g/mol. The lowest BCUT2D eigenvalue weighted by molar-refractivity contribution is -0.149. The maximum Gasteiger partial charge on any atom is 0.245 e. The molecule has 2 amide bonds. The number of hydrogen-bond donors (Lipinski definition) is 1. The molecule has 1 saturated carbocycles. The Kier molecular flexibility index (Phi) is 6.07.